The highest BCUT2D eigenvalue weighted by atomic mass is 32.2. The van der Waals surface area contributed by atoms with E-state index in [0.717, 1.165) is 12.8 Å². The Bertz CT molecular complexity index is 348. The molecule has 1 saturated heterocycles. The second-order valence-electron chi connectivity index (χ2n) is 4.40. The van der Waals surface area contributed by atoms with E-state index in [1.807, 2.05) is 0 Å². The van der Waals surface area contributed by atoms with Crippen LogP contribution in [0.3, 0.4) is 0 Å². The highest BCUT2D eigenvalue weighted by molar-refractivity contribution is 7.89. The third kappa shape index (κ3) is 6.32. The van der Waals surface area contributed by atoms with Gasteiger partial charge in [-0.1, -0.05) is 0 Å². The lowest BCUT2D eigenvalue weighted by Gasteiger charge is -2.22. The minimum absolute atomic E-state index is 0.0364. The molecule has 0 saturated carbocycles. The van der Waals surface area contributed by atoms with E-state index >= 15 is 0 Å². The van der Waals surface area contributed by atoms with Crippen molar-refractivity contribution >= 4 is 16.0 Å². The average molecular weight is 279 g/mol. The first-order valence-corrected chi connectivity index (χ1v) is 7.80. The topological polar surface area (TPSA) is 81.7 Å². The van der Waals surface area contributed by atoms with E-state index in [4.69, 9.17) is 4.74 Å². The number of ether oxygens (including phenoxy) is 2. The standard InChI is InChI=1S/C11H21NO5S/c1-16-11(13)3-2-8-18(14,15)12-9-10-4-6-17-7-5-10/h10,12H,2-9H2,1H3. The fourth-order valence-electron chi connectivity index (χ4n) is 1.78. The molecular weight excluding hydrogens is 258 g/mol. The Morgan fingerprint density at radius 2 is 2.06 bits per heavy atom. The summed E-state index contributed by atoms with van der Waals surface area (Å²) in [6.45, 7) is 1.87. The minimum Gasteiger partial charge on any atom is -0.469 e. The van der Waals surface area contributed by atoms with Crippen LogP contribution in [0.1, 0.15) is 25.7 Å². The summed E-state index contributed by atoms with van der Waals surface area (Å²) in [6.07, 6.45) is 2.21. The molecule has 0 unspecified atom stereocenters. The third-order valence-corrected chi connectivity index (χ3v) is 4.39. The quantitative estimate of drug-likeness (QED) is 0.677. The molecule has 0 aromatic heterocycles. The number of rotatable bonds is 7. The molecule has 7 heteroatoms. The highest BCUT2D eigenvalue weighted by Crippen LogP contribution is 2.13. The van der Waals surface area contributed by atoms with Gasteiger partial charge in [0.1, 0.15) is 0 Å². The van der Waals surface area contributed by atoms with Gasteiger partial charge in [0.15, 0.2) is 0 Å². The molecule has 1 rings (SSSR count). The zero-order valence-electron chi connectivity index (χ0n) is 10.7. The molecule has 1 heterocycles. The van der Waals surface area contributed by atoms with E-state index in [9.17, 15) is 13.2 Å². The van der Waals surface area contributed by atoms with Crippen molar-refractivity contribution in [3.63, 3.8) is 0 Å². The lowest BCUT2D eigenvalue weighted by atomic mass is 10.0. The molecule has 1 aliphatic rings. The number of nitrogens with one attached hydrogen (secondary N) is 1. The molecule has 0 bridgehead atoms. The molecular formula is C11H21NO5S. The SMILES string of the molecule is COC(=O)CCCS(=O)(=O)NCC1CCOCC1. The maximum absolute atomic E-state index is 11.6. The first kappa shape index (κ1) is 15.4. The number of sulfonamides is 1. The van der Waals surface area contributed by atoms with Gasteiger partial charge < -0.3 is 9.47 Å². The van der Waals surface area contributed by atoms with Crippen molar-refractivity contribution in [3.05, 3.63) is 0 Å². The predicted molar refractivity (Wildman–Crippen MR) is 66.6 cm³/mol. The van der Waals surface area contributed by atoms with Gasteiger partial charge >= 0.3 is 5.97 Å². The average Bonchev–Trinajstić information content (AvgIpc) is 2.37. The van der Waals surface area contributed by atoms with E-state index in [-0.39, 0.29) is 24.6 Å². The fourth-order valence-corrected chi connectivity index (χ4v) is 2.93. The van der Waals surface area contributed by atoms with Crippen LogP contribution in [-0.4, -0.2) is 47.0 Å². The smallest absolute Gasteiger partial charge is 0.305 e. The Balaban J connectivity index is 2.20. The van der Waals surface area contributed by atoms with Crippen LogP contribution in [0.25, 0.3) is 0 Å². The van der Waals surface area contributed by atoms with Gasteiger partial charge in [-0.3, -0.25) is 4.79 Å². The molecule has 0 spiro atoms. The summed E-state index contributed by atoms with van der Waals surface area (Å²) in [6, 6.07) is 0. The van der Waals surface area contributed by atoms with Crippen LogP contribution in [0.15, 0.2) is 0 Å². The molecule has 0 aromatic carbocycles. The van der Waals surface area contributed by atoms with Crippen molar-refractivity contribution in [2.45, 2.75) is 25.7 Å². The summed E-state index contributed by atoms with van der Waals surface area (Å²) in [7, 11) is -1.99. The second-order valence-corrected chi connectivity index (χ2v) is 6.33. The summed E-state index contributed by atoms with van der Waals surface area (Å²) in [5, 5.41) is 0. The molecule has 18 heavy (non-hydrogen) atoms. The number of carbonyl (C=O) groups is 1. The number of hydrogen-bond acceptors (Lipinski definition) is 5. The summed E-state index contributed by atoms with van der Waals surface area (Å²) < 4.78 is 35.5. The van der Waals surface area contributed by atoms with Gasteiger partial charge in [0.25, 0.3) is 0 Å². The van der Waals surface area contributed by atoms with Gasteiger partial charge in [0.05, 0.1) is 12.9 Å². The Morgan fingerprint density at radius 3 is 2.67 bits per heavy atom. The molecule has 0 aliphatic carbocycles. The van der Waals surface area contributed by atoms with E-state index in [2.05, 4.69) is 9.46 Å². The van der Waals surface area contributed by atoms with Crippen molar-refractivity contribution in [1.82, 2.24) is 4.72 Å². The number of esters is 1. The van der Waals surface area contributed by atoms with Gasteiger partial charge in [-0.2, -0.15) is 0 Å². The fraction of sp³-hybridized carbons (Fsp3) is 0.909. The molecule has 0 amide bonds. The first-order chi connectivity index (χ1) is 8.53. The van der Waals surface area contributed by atoms with E-state index in [1.165, 1.54) is 7.11 Å². The van der Waals surface area contributed by atoms with Gasteiger partial charge in [-0.05, 0) is 25.2 Å². The number of hydrogen-bond donors (Lipinski definition) is 1. The summed E-state index contributed by atoms with van der Waals surface area (Å²) in [5.74, 6) is -0.0607. The summed E-state index contributed by atoms with van der Waals surface area (Å²) in [4.78, 5) is 10.9. The van der Waals surface area contributed by atoms with Crippen LogP contribution in [0.2, 0.25) is 0 Å². The molecule has 0 atom stereocenters. The number of methoxy groups -OCH3 is 1. The second kappa shape index (κ2) is 7.70. The first-order valence-electron chi connectivity index (χ1n) is 6.15. The maximum Gasteiger partial charge on any atom is 0.305 e. The van der Waals surface area contributed by atoms with Crippen LogP contribution in [0, 0.1) is 5.92 Å². The zero-order chi connectivity index (χ0) is 13.4. The largest absolute Gasteiger partial charge is 0.469 e. The van der Waals surface area contributed by atoms with Gasteiger partial charge in [0.2, 0.25) is 10.0 Å². The molecule has 6 nitrogen and oxygen atoms in total. The third-order valence-electron chi connectivity index (χ3n) is 2.95. The zero-order valence-corrected chi connectivity index (χ0v) is 11.5. The minimum atomic E-state index is -3.28. The molecule has 0 aromatic rings. The monoisotopic (exact) mass is 279 g/mol. The lowest BCUT2D eigenvalue weighted by molar-refractivity contribution is -0.140. The molecule has 1 N–H and O–H groups in total. The van der Waals surface area contributed by atoms with Crippen LogP contribution in [0.5, 0.6) is 0 Å². The Labute approximate surface area is 108 Å². The van der Waals surface area contributed by atoms with Crippen molar-refractivity contribution in [3.8, 4) is 0 Å². The summed E-state index contributed by atoms with van der Waals surface area (Å²) >= 11 is 0. The number of carbonyl (C=O) groups excluding carboxylic acids is 1. The van der Waals surface area contributed by atoms with Gasteiger partial charge in [0, 0.05) is 26.2 Å². The van der Waals surface area contributed by atoms with Crippen LogP contribution >= 0.6 is 0 Å². The maximum atomic E-state index is 11.6. The van der Waals surface area contributed by atoms with Crippen molar-refractivity contribution in [1.29, 1.82) is 0 Å². The van der Waals surface area contributed by atoms with Crippen molar-refractivity contribution < 1.29 is 22.7 Å². The van der Waals surface area contributed by atoms with Crippen molar-refractivity contribution in [2.75, 3.05) is 32.6 Å². The normalized spacial score (nSPS) is 17.6. The Morgan fingerprint density at radius 1 is 1.39 bits per heavy atom. The molecule has 1 aliphatic heterocycles. The lowest BCUT2D eigenvalue weighted by Crippen LogP contribution is -2.33. The Kier molecular flexibility index (Phi) is 6.59. The predicted octanol–water partition coefficient (Wildman–Crippen LogP) is 0.286. The van der Waals surface area contributed by atoms with Gasteiger partial charge in [-0.15, -0.1) is 0 Å². The van der Waals surface area contributed by atoms with Crippen molar-refractivity contribution in [2.24, 2.45) is 5.92 Å². The van der Waals surface area contributed by atoms with Crippen LogP contribution < -0.4 is 4.72 Å². The molecule has 1 fully saturated rings. The van der Waals surface area contributed by atoms with E-state index < -0.39 is 10.0 Å². The highest BCUT2D eigenvalue weighted by Gasteiger charge is 2.17. The molecule has 106 valence electrons. The van der Waals surface area contributed by atoms with Crippen LogP contribution in [-0.2, 0) is 24.3 Å². The van der Waals surface area contributed by atoms with Crippen LogP contribution in [0.4, 0.5) is 0 Å². The molecule has 0 radical (unpaired) electrons. The van der Waals surface area contributed by atoms with E-state index in [0.29, 0.717) is 25.7 Å². The summed E-state index contributed by atoms with van der Waals surface area (Å²) in [5.41, 5.74) is 0. The van der Waals surface area contributed by atoms with Gasteiger partial charge in [-0.25, -0.2) is 13.1 Å². The Hall–Kier alpha value is -0.660. The van der Waals surface area contributed by atoms with E-state index in [1.54, 1.807) is 0 Å².